The fourth-order valence-corrected chi connectivity index (χ4v) is 3.89. The summed E-state index contributed by atoms with van der Waals surface area (Å²) in [6, 6.07) is 12.1. The summed E-state index contributed by atoms with van der Waals surface area (Å²) in [5.41, 5.74) is 4.51. The molecule has 27 heavy (non-hydrogen) atoms. The molecule has 4 rings (SSSR count). The van der Waals surface area contributed by atoms with Gasteiger partial charge in [0, 0.05) is 24.2 Å². The second-order valence-corrected chi connectivity index (χ2v) is 7.36. The van der Waals surface area contributed by atoms with E-state index in [1.165, 1.54) is 11.1 Å². The van der Waals surface area contributed by atoms with E-state index >= 15 is 0 Å². The summed E-state index contributed by atoms with van der Waals surface area (Å²) in [6.07, 6.45) is 7.23. The minimum atomic E-state index is 0.678. The van der Waals surface area contributed by atoms with Gasteiger partial charge in [-0.25, -0.2) is 4.98 Å². The van der Waals surface area contributed by atoms with E-state index in [9.17, 15) is 0 Å². The Morgan fingerprint density at radius 1 is 1.11 bits per heavy atom. The van der Waals surface area contributed by atoms with Crippen LogP contribution in [0.3, 0.4) is 0 Å². The Labute approximate surface area is 165 Å². The average Bonchev–Trinajstić information content (AvgIpc) is 3.23. The molecule has 2 aromatic rings. The van der Waals surface area contributed by atoms with Gasteiger partial charge < -0.3 is 4.74 Å². The van der Waals surface area contributed by atoms with Crippen molar-refractivity contribution in [1.29, 1.82) is 0 Å². The molecule has 0 atom stereocenters. The molecule has 0 spiro atoms. The van der Waals surface area contributed by atoms with Crippen LogP contribution in [0.5, 0.6) is 5.88 Å². The standard InChI is InChI=1S/C22H24ClN3O/c23-19-7-3-6-17-16-26(14-11-18(17)19)13-1-2-15-27-22-10-4-8-21(25-22)20-9-5-12-24-20/h3-10H,1-2,11-16H2. The normalized spacial score (nSPS) is 16.3. The quantitative estimate of drug-likeness (QED) is 0.670. The van der Waals surface area contributed by atoms with E-state index in [-0.39, 0.29) is 0 Å². The largest absolute Gasteiger partial charge is 0.478 e. The van der Waals surface area contributed by atoms with Crippen LogP contribution in [-0.4, -0.2) is 41.8 Å². The highest BCUT2D eigenvalue weighted by atomic mass is 35.5. The number of allylic oxidation sites excluding steroid dienone is 1. The molecule has 1 aromatic heterocycles. The van der Waals surface area contributed by atoms with Gasteiger partial charge in [0.1, 0.15) is 0 Å². The number of pyridine rings is 1. The van der Waals surface area contributed by atoms with E-state index in [0.29, 0.717) is 12.5 Å². The van der Waals surface area contributed by atoms with Crippen LogP contribution in [-0.2, 0) is 13.0 Å². The van der Waals surface area contributed by atoms with Crippen molar-refractivity contribution in [3.05, 3.63) is 70.4 Å². The van der Waals surface area contributed by atoms with E-state index in [1.54, 1.807) is 0 Å². The van der Waals surface area contributed by atoms with Crippen molar-refractivity contribution in [1.82, 2.24) is 9.88 Å². The average molecular weight is 382 g/mol. The molecular weight excluding hydrogens is 358 g/mol. The maximum atomic E-state index is 6.29. The first-order chi connectivity index (χ1) is 13.3. The molecule has 0 aliphatic carbocycles. The molecule has 4 nitrogen and oxygen atoms in total. The number of ether oxygens (including phenoxy) is 1. The van der Waals surface area contributed by atoms with Crippen molar-refractivity contribution in [2.45, 2.75) is 25.8 Å². The van der Waals surface area contributed by atoms with Gasteiger partial charge in [-0.15, -0.1) is 0 Å². The van der Waals surface area contributed by atoms with Gasteiger partial charge in [-0.2, -0.15) is 0 Å². The molecule has 1 aromatic carbocycles. The molecule has 3 heterocycles. The van der Waals surface area contributed by atoms with Crippen LogP contribution in [0.15, 0.2) is 53.5 Å². The zero-order chi connectivity index (χ0) is 18.5. The minimum absolute atomic E-state index is 0.678. The van der Waals surface area contributed by atoms with Crippen molar-refractivity contribution < 1.29 is 4.74 Å². The molecule has 0 amide bonds. The van der Waals surface area contributed by atoms with Crippen molar-refractivity contribution in [2.75, 3.05) is 26.2 Å². The second-order valence-electron chi connectivity index (χ2n) is 6.95. The molecule has 0 N–H and O–H groups in total. The number of rotatable bonds is 7. The molecule has 0 bridgehead atoms. The van der Waals surface area contributed by atoms with Gasteiger partial charge in [-0.05, 0) is 55.1 Å². The Kier molecular flexibility index (Phi) is 5.85. The number of hydrogen-bond acceptors (Lipinski definition) is 4. The Hall–Kier alpha value is -2.17. The maximum Gasteiger partial charge on any atom is 0.213 e. The third-order valence-corrected chi connectivity index (χ3v) is 5.39. The number of fused-ring (bicyclic) bond motifs is 1. The number of benzene rings is 1. The predicted molar refractivity (Wildman–Crippen MR) is 110 cm³/mol. The minimum Gasteiger partial charge on any atom is -0.478 e. The zero-order valence-electron chi connectivity index (χ0n) is 15.4. The molecule has 2 aliphatic rings. The zero-order valence-corrected chi connectivity index (χ0v) is 16.2. The van der Waals surface area contributed by atoms with Crippen LogP contribution in [0.4, 0.5) is 0 Å². The molecule has 0 saturated carbocycles. The third kappa shape index (κ3) is 4.57. The van der Waals surface area contributed by atoms with Crippen molar-refractivity contribution >= 4 is 17.3 Å². The Balaban J connectivity index is 1.20. The van der Waals surface area contributed by atoms with Crippen molar-refractivity contribution in [2.24, 2.45) is 4.99 Å². The van der Waals surface area contributed by atoms with Gasteiger partial charge in [0.2, 0.25) is 5.88 Å². The van der Waals surface area contributed by atoms with E-state index in [1.807, 2.05) is 42.5 Å². The van der Waals surface area contributed by atoms with Gasteiger partial charge in [-0.1, -0.05) is 35.9 Å². The maximum absolute atomic E-state index is 6.29. The molecule has 0 saturated heterocycles. The first kappa shape index (κ1) is 18.2. The van der Waals surface area contributed by atoms with Crippen LogP contribution in [0.2, 0.25) is 5.02 Å². The van der Waals surface area contributed by atoms with Crippen LogP contribution in [0.1, 0.15) is 29.7 Å². The van der Waals surface area contributed by atoms with Crippen molar-refractivity contribution in [3.8, 4) is 5.88 Å². The first-order valence-corrected chi connectivity index (χ1v) is 9.97. The predicted octanol–water partition coefficient (Wildman–Crippen LogP) is 4.31. The lowest BCUT2D eigenvalue weighted by Crippen LogP contribution is -2.31. The van der Waals surface area contributed by atoms with Gasteiger partial charge >= 0.3 is 0 Å². The lowest BCUT2D eigenvalue weighted by atomic mass is 9.99. The topological polar surface area (TPSA) is 37.7 Å². The molecule has 0 fully saturated rings. The molecule has 5 heteroatoms. The molecule has 0 radical (unpaired) electrons. The van der Waals surface area contributed by atoms with Crippen LogP contribution in [0.25, 0.3) is 0 Å². The number of hydrogen-bond donors (Lipinski definition) is 0. The summed E-state index contributed by atoms with van der Waals surface area (Å²) in [7, 11) is 0. The fraction of sp³-hybridized carbons (Fsp3) is 0.364. The lowest BCUT2D eigenvalue weighted by Gasteiger charge is -2.29. The monoisotopic (exact) mass is 381 g/mol. The van der Waals surface area contributed by atoms with Crippen LogP contribution < -0.4 is 4.74 Å². The summed E-state index contributed by atoms with van der Waals surface area (Å²) < 4.78 is 5.84. The van der Waals surface area contributed by atoms with E-state index in [0.717, 1.165) is 61.9 Å². The number of halogens is 1. The highest BCUT2D eigenvalue weighted by molar-refractivity contribution is 6.31. The van der Waals surface area contributed by atoms with E-state index in [2.05, 4.69) is 20.9 Å². The smallest absolute Gasteiger partial charge is 0.213 e. The first-order valence-electron chi connectivity index (χ1n) is 9.59. The third-order valence-electron chi connectivity index (χ3n) is 5.04. The summed E-state index contributed by atoms with van der Waals surface area (Å²) in [5, 5.41) is 0.911. The highest BCUT2D eigenvalue weighted by Gasteiger charge is 2.17. The number of aromatic nitrogens is 1. The van der Waals surface area contributed by atoms with E-state index in [4.69, 9.17) is 16.3 Å². The van der Waals surface area contributed by atoms with Gasteiger partial charge in [0.25, 0.3) is 0 Å². The summed E-state index contributed by atoms with van der Waals surface area (Å²) in [4.78, 5) is 11.5. The van der Waals surface area contributed by atoms with Crippen LogP contribution in [0, 0.1) is 0 Å². The Morgan fingerprint density at radius 2 is 2.04 bits per heavy atom. The summed E-state index contributed by atoms with van der Waals surface area (Å²) in [6.45, 7) is 4.60. The van der Waals surface area contributed by atoms with E-state index < -0.39 is 0 Å². The lowest BCUT2D eigenvalue weighted by molar-refractivity contribution is 0.233. The highest BCUT2D eigenvalue weighted by Crippen LogP contribution is 2.26. The second kappa shape index (κ2) is 8.68. The number of unbranched alkanes of at least 4 members (excludes halogenated alkanes) is 1. The molecule has 0 unspecified atom stereocenters. The summed E-state index contributed by atoms with van der Waals surface area (Å²) >= 11 is 6.29. The Morgan fingerprint density at radius 3 is 2.93 bits per heavy atom. The van der Waals surface area contributed by atoms with Crippen LogP contribution >= 0.6 is 11.6 Å². The molecular formula is C22H24ClN3O. The Bertz CT molecular complexity index is 862. The van der Waals surface area contributed by atoms with Crippen molar-refractivity contribution in [3.63, 3.8) is 0 Å². The van der Waals surface area contributed by atoms with Gasteiger partial charge in [0.15, 0.2) is 0 Å². The van der Waals surface area contributed by atoms with Gasteiger partial charge in [-0.3, -0.25) is 9.89 Å². The molecule has 2 aliphatic heterocycles. The SMILES string of the molecule is Clc1cccc2c1CCN(CCCCOc1cccc(C3=NCC=C3)n1)C2. The van der Waals surface area contributed by atoms with Gasteiger partial charge in [0.05, 0.1) is 24.6 Å². The number of nitrogens with zero attached hydrogens (tertiary/aromatic N) is 3. The summed E-state index contributed by atoms with van der Waals surface area (Å²) in [5.74, 6) is 0.678. The molecule has 140 valence electrons. The fourth-order valence-electron chi connectivity index (χ4n) is 3.60. The number of aliphatic imine (C=N–C) groups is 1.